The Balaban J connectivity index is 1.82. The highest BCUT2D eigenvalue weighted by atomic mass is 32.2. The maximum atomic E-state index is 13.7. The van der Waals surface area contributed by atoms with Gasteiger partial charge in [0.25, 0.3) is 0 Å². The maximum Gasteiger partial charge on any atom is 0.319 e. The Morgan fingerprint density at radius 3 is 2.30 bits per heavy atom. The Morgan fingerprint density at radius 1 is 1.04 bits per heavy atom. The second-order valence-electron chi connectivity index (χ2n) is 5.75. The van der Waals surface area contributed by atoms with Crippen molar-refractivity contribution in [1.82, 2.24) is 0 Å². The molecule has 1 N–H and O–H groups in total. The van der Waals surface area contributed by atoms with Gasteiger partial charge in [-0.05, 0) is 50.2 Å². The van der Waals surface area contributed by atoms with Gasteiger partial charge in [0.15, 0.2) is 0 Å². The molecule has 2 aromatic rings. The molecule has 0 aliphatic carbocycles. The van der Waals surface area contributed by atoms with Crippen LogP contribution in [0.3, 0.4) is 0 Å². The number of halogens is 3. The minimum Gasteiger partial charge on any atom is -0.457 e. The third kappa shape index (κ3) is 6.32. The SMILES string of the molecule is CC(SCC(=O)Nc1ccc(F)cc1)C(=O)OC(C)c1ccc(F)cc1F. The summed E-state index contributed by atoms with van der Waals surface area (Å²) in [5, 5.41) is 1.91. The standard InChI is InChI=1S/C19H18F3NO3S/c1-11(16-8-5-14(21)9-17(16)22)26-19(25)12(2)27-10-18(24)23-15-6-3-13(20)4-7-15/h3-9,11-12H,10H2,1-2H3,(H,23,24). The molecule has 2 atom stereocenters. The van der Waals surface area contributed by atoms with Crippen LogP contribution >= 0.6 is 11.8 Å². The number of ether oxygens (including phenoxy) is 1. The zero-order valence-corrected chi connectivity index (χ0v) is 15.5. The molecule has 1 amide bonds. The largest absolute Gasteiger partial charge is 0.457 e. The number of thioether (sulfide) groups is 1. The van der Waals surface area contributed by atoms with Crippen molar-refractivity contribution in [2.24, 2.45) is 0 Å². The molecule has 0 fully saturated rings. The zero-order chi connectivity index (χ0) is 20.0. The molecule has 4 nitrogen and oxygen atoms in total. The molecule has 2 unspecified atom stereocenters. The van der Waals surface area contributed by atoms with Gasteiger partial charge in [-0.15, -0.1) is 11.8 Å². The molecule has 0 spiro atoms. The number of benzene rings is 2. The summed E-state index contributed by atoms with van der Waals surface area (Å²) in [5.41, 5.74) is 0.508. The van der Waals surface area contributed by atoms with E-state index in [9.17, 15) is 22.8 Å². The summed E-state index contributed by atoms with van der Waals surface area (Å²) in [4.78, 5) is 24.0. The van der Waals surface area contributed by atoms with Crippen LogP contribution in [0.5, 0.6) is 0 Å². The number of carbonyl (C=O) groups excluding carboxylic acids is 2. The van der Waals surface area contributed by atoms with E-state index in [-0.39, 0.29) is 17.2 Å². The van der Waals surface area contributed by atoms with Gasteiger partial charge in [0.1, 0.15) is 28.8 Å². The highest BCUT2D eigenvalue weighted by Crippen LogP contribution is 2.23. The summed E-state index contributed by atoms with van der Waals surface area (Å²) in [6, 6.07) is 8.31. The molecule has 144 valence electrons. The summed E-state index contributed by atoms with van der Waals surface area (Å²) in [7, 11) is 0. The first-order valence-electron chi connectivity index (χ1n) is 8.08. The minimum absolute atomic E-state index is 0.0209. The molecular formula is C19H18F3NO3S. The van der Waals surface area contributed by atoms with Gasteiger partial charge in [0.05, 0.1) is 5.75 Å². The van der Waals surface area contributed by atoms with Gasteiger partial charge in [-0.3, -0.25) is 9.59 Å². The van der Waals surface area contributed by atoms with Gasteiger partial charge in [0.2, 0.25) is 5.91 Å². The van der Waals surface area contributed by atoms with Gasteiger partial charge in [-0.2, -0.15) is 0 Å². The van der Waals surface area contributed by atoms with Crippen molar-refractivity contribution in [3.05, 3.63) is 65.5 Å². The Morgan fingerprint density at radius 2 is 1.67 bits per heavy atom. The lowest BCUT2D eigenvalue weighted by molar-refractivity contribution is -0.147. The Hall–Kier alpha value is -2.48. The second kappa shape index (κ2) is 9.45. The summed E-state index contributed by atoms with van der Waals surface area (Å²) < 4.78 is 44.7. The van der Waals surface area contributed by atoms with E-state index < -0.39 is 34.8 Å². The van der Waals surface area contributed by atoms with E-state index in [4.69, 9.17) is 4.74 Å². The number of esters is 1. The third-order valence-electron chi connectivity index (χ3n) is 3.62. The predicted molar refractivity (Wildman–Crippen MR) is 97.8 cm³/mol. The predicted octanol–water partition coefficient (Wildman–Crippen LogP) is 4.47. The molecule has 0 aliphatic heterocycles. The maximum absolute atomic E-state index is 13.7. The lowest BCUT2D eigenvalue weighted by Crippen LogP contribution is -2.22. The quantitative estimate of drug-likeness (QED) is 0.701. The van der Waals surface area contributed by atoms with Crippen LogP contribution in [0.4, 0.5) is 18.9 Å². The number of rotatable bonds is 7. The minimum atomic E-state index is -0.894. The third-order valence-corrected chi connectivity index (χ3v) is 4.74. The number of amides is 1. The van der Waals surface area contributed by atoms with Crippen LogP contribution < -0.4 is 5.32 Å². The highest BCUT2D eigenvalue weighted by Gasteiger charge is 2.21. The van der Waals surface area contributed by atoms with E-state index in [2.05, 4.69) is 5.32 Å². The van der Waals surface area contributed by atoms with Crippen LogP contribution in [0.25, 0.3) is 0 Å². The van der Waals surface area contributed by atoms with Crippen molar-refractivity contribution >= 4 is 29.3 Å². The van der Waals surface area contributed by atoms with E-state index >= 15 is 0 Å². The Bertz CT molecular complexity index is 814. The van der Waals surface area contributed by atoms with Crippen molar-refractivity contribution in [2.45, 2.75) is 25.2 Å². The fourth-order valence-corrected chi connectivity index (χ4v) is 2.83. The lowest BCUT2D eigenvalue weighted by atomic mass is 10.1. The second-order valence-corrected chi connectivity index (χ2v) is 7.08. The van der Waals surface area contributed by atoms with Crippen molar-refractivity contribution in [3.63, 3.8) is 0 Å². The lowest BCUT2D eigenvalue weighted by Gasteiger charge is -2.17. The molecule has 0 radical (unpaired) electrons. The van der Waals surface area contributed by atoms with Gasteiger partial charge in [-0.1, -0.05) is 0 Å². The van der Waals surface area contributed by atoms with E-state index in [1.54, 1.807) is 6.92 Å². The van der Waals surface area contributed by atoms with Crippen LogP contribution in [0, 0.1) is 17.5 Å². The molecule has 8 heteroatoms. The number of nitrogens with one attached hydrogen (secondary N) is 1. The van der Waals surface area contributed by atoms with E-state index in [0.29, 0.717) is 5.69 Å². The Labute approximate surface area is 159 Å². The number of hydrogen-bond acceptors (Lipinski definition) is 4. The van der Waals surface area contributed by atoms with Crippen LogP contribution in [-0.4, -0.2) is 22.9 Å². The van der Waals surface area contributed by atoms with Crippen molar-refractivity contribution in [1.29, 1.82) is 0 Å². The fourth-order valence-electron chi connectivity index (χ4n) is 2.16. The summed E-state index contributed by atoms with van der Waals surface area (Å²) in [6.45, 7) is 3.04. The van der Waals surface area contributed by atoms with E-state index in [1.807, 2.05) is 0 Å². The highest BCUT2D eigenvalue weighted by molar-refractivity contribution is 8.01. The summed E-state index contributed by atoms with van der Waals surface area (Å²) in [6.07, 6.45) is -0.894. The summed E-state index contributed by atoms with van der Waals surface area (Å²) >= 11 is 1.04. The first kappa shape index (κ1) is 20.8. The normalized spacial score (nSPS) is 12.9. The molecular weight excluding hydrogens is 379 g/mol. The molecule has 0 aliphatic rings. The molecule has 0 saturated heterocycles. The Kier molecular flexibility index (Phi) is 7.29. The molecule has 27 heavy (non-hydrogen) atoms. The molecule has 0 aromatic heterocycles. The average Bonchev–Trinajstić information content (AvgIpc) is 2.61. The van der Waals surface area contributed by atoms with Crippen molar-refractivity contribution in [2.75, 3.05) is 11.1 Å². The molecule has 2 rings (SSSR count). The van der Waals surface area contributed by atoms with Gasteiger partial charge in [0, 0.05) is 17.3 Å². The van der Waals surface area contributed by atoms with E-state index in [1.165, 1.54) is 37.3 Å². The van der Waals surface area contributed by atoms with Crippen LogP contribution in [0.2, 0.25) is 0 Å². The molecule has 0 heterocycles. The zero-order valence-electron chi connectivity index (χ0n) is 14.7. The monoisotopic (exact) mass is 397 g/mol. The van der Waals surface area contributed by atoms with Gasteiger partial charge >= 0.3 is 5.97 Å². The number of hydrogen-bond donors (Lipinski definition) is 1. The molecule has 0 saturated carbocycles. The van der Waals surface area contributed by atoms with Crippen LogP contribution in [0.15, 0.2) is 42.5 Å². The fraction of sp³-hybridized carbons (Fsp3) is 0.263. The average molecular weight is 397 g/mol. The van der Waals surface area contributed by atoms with Gasteiger partial charge in [-0.25, -0.2) is 13.2 Å². The van der Waals surface area contributed by atoms with Crippen LogP contribution in [-0.2, 0) is 14.3 Å². The first-order valence-corrected chi connectivity index (χ1v) is 9.13. The first-order chi connectivity index (χ1) is 12.8. The van der Waals surface area contributed by atoms with Gasteiger partial charge < -0.3 is 10.1 Å². The summed E-state index contributed by atoms with van der Waals surface area (Å²) in [5.74, 6) is -2.92. The van der Waals surface area contributed by atoms with Crippen LogP contribution in [0.1, 0.15) is 25.5 Å². The smallest absolute Gasteiger partial charge is 0.319 e. The topological polar surface area (TPSA) is 55.4 Å². The van der Waals surface area contributed by atoms with Crippen molar-refractivity contribution in [3.8, 4) is 0 Å². The van der Waals surface area contributed by atoms with Crippen molar-refractivity contribution < 1.29 is 27.5 Å². The molecule has 0 bridgehead atoms. The number of carbonyl (C=O) groups is 2. The van der Waals surface area contributed by atoms with E-state index in [0.717, 1.165) is 23.9 Å². The number of anilines is 1. The molecule has 2 aromatic carbocycles.